The fourth-order valence-electron chi connectivity index (χ4n) is 4.03. The second kappa shape index (κ2) is 18.6. The minimum Gasteiger partial charge on any atom is -0.466 e. The van der Waals surface area contributed by atoms with Crippen LogP contribution in [0.4, 0.5) is 10.5 Å². The van der Waals surface area contributed by atoms with Crippen LogP contribution in [-0.4, -0.2) is 65.4 Å². The molecule has 0 aliphatic carbocycles. The van der Waals surface area contributed by atoms with Gasteiger partial charge >= 0.3 is 12.0 Å². The molecular formula is C31H42N4O7S. The van der Waals surface area contributed by atoms with Gasteiger partial charge in [0, 0.05) is 36.2 Å². The maximum atomic E-state index is 13.2. The third kappa shape index (κ3) is 12.9. The van der Waals surface area contributed by atoms with E-state index in [1.165, 1.54) is 18.8 Å². The van der Waals surface area contributed by atoms with E-state index in [9.17, 15) is 29.2 Å². The van der Waals surface area contributed by atoms with Gasteiger partial charge in [-0.1, -0.05) is 50.6 Å². The average Bonchev–Trinajstić information content (AvgIpc) is 2.99. The Morgan fingerprint density at radius 1 is 0.953 bits per heavy atom. The van der Waals surface area contributed by atoms with Crippen molar-refractivity contribution in [2.45, 2.75) is 63.8 Å². The maximum Gasteiger partial charge on any atom is 0.349 e. The molecule has 234 valence electrons. The van der Waals surface area contributed by atoms with Crippen molar-refractivity contribution in [2.75, 3.05) is 24.7 Å². The van der Waals surface area contributed by atoms with Gasteiger partial charge in [0.05, 0.1) is 18.9 Å². The molecule has 0 fully saturated rings. The maximum absolute atomic E-state index is 13.2. The van der Waals surface area contributed by atoms with Crippen LogP contribution in [0.5, 0.6) is 0 Å². The number of nitrogens with zero attached hydrogens (tertiary/aromatic N) is 1. The molecule has 0 unspecified atom stereocenters. The highest BCUT2D eigenvalue weighted by Gasteiger charge is 2.31. The highest BCUT2D eigenvalue weighted by Crippen LogP contribution is 2.26. The number of hydrogen-bond acceptors (Lipinski definition) is 8. The van der Waals surface area contributed by atoms with E-state index in [-0.39, 0.29) is 36.8 Å². The summed E-state index contributed by atoms with van der Waals surface area (Å²) in [5.74, 6) is -2.02. The monoisotopic (exact) mass is 614 g/mol. The van der Waals surface area contributed by atoms with Gasteiger partial charge in [-0.2, -0.15) is 0 Å². The number of hydrogen-bond donors (Lipinski definition) is 4. The number of likely N-dealkylation sites (N-methyl/N-ethyl adjacent to an activating group) is 1. The zero-order valence-electron chi connectivity index (χ0n) is 25.1. The van der Waals surface area contributed by atoms with E-state index < -0.39 is 35.8 Å². The predicted octanol–water partition coefficient (Wildman–Crippen LogP) is 4.40. The SMILES string of the molecule is CCOC(=O)CCC(=O)Nc1ccc(SC[C@@H](CCC(C)C)C(=O)N(O)C(=O)N[C@@H](Cc2ccccc2)C(=O)NC)cc1. The molecule has 0 aliphatic rings. The topological polar surface area (TPSA) is 154 Å². The van der Waals surface area contributed by atoms with Gasteiger partial charge < -0.3 is 20.7 Å². The van der Waals surface area contributed by atoms with Crippen LogP contribution in [-0.2, 0) is 30.3 Å². The summed E-state index contributed by atoms with van der Waals surface area (Å²) in [6, 6.07) is 14.0. The number of amides is 5. The van der Waals surface area contributed by atoms with Gasteiger partial charge in [0.1, 0.15) is 6.04 Å². The van der Waals surface area contributed by atoms with Crippen LogP contribution in [0.2, 0.25) is 0 Å². The Morgan fingerprint density at radius 2 is 1.63 bits per heavy atom. The van der Waals surface area contributed by atoms with Crippen molar-refractivity contribution in [3.05, 3.63) is 60.2 Å². The molecule has 0 heterocycles. The molecule has 43 heavy (non-hydrogen) atoms. The minimum absolute atomic E-state index is 0.00121. The lowest BCUT2D eigenvalue weighted by Gasteiger charge is -2.24. The minimum atomic E-state index is -1.07. The number of carbonyl (C=O) groups is 5. The molecule has 0 saturated heterocycles. The van der Waals surface area contributed by atoms with E-state index in [0.29, 0.717) is 30.2 Å². The van der Waals surface area contributed by atoms with E-state index >= 15 is 0 Å². The first-order chi connectivity index (χ1) is 20.5. The number of imide groups is 1. The highest BCUT2D eigenvalue weighted by atomic mass is 32.2. The zero-order chi connectivity index (χ0) is 31.8. The largest absolute Gasteiger partial charge is 0.466 e. The van der Waals surface area contributed by atoms with Crippen LogP contribution >= 0.6 is 11.8 Å². The van der Waals surface area contributed by atoms with Gasteiger partial charge in [0.2, 0.25) is 11.8 Å². The molecule has 0 aromatic heterocycles. The number of rotatable bonds is 16. The summed E-state index contributed by atoms with van der Waals surface area (Å²) >= 11 is 1.38. The second-order valence-corrected chi connectivity index (χ2v) is 11.4. The van der Waals surface area contributed by atoms with Crippen molar-refractivity contribution < 1.29 is 33.9 Å². The number of urea groups is 1. The Balaban J connectivity index is 2.00. The highest BCUT2D eigenvalue weighted by molar-refractivity contribution is 7.99. The van der Waals surface area contributed by atoms with E-state index in [0.717, 1.165) is 10.5 Å². The van der Waals surface area contributed by atoms with Crippen LogP contribution < -0.4 is 16.0 Å². The van der Waals surface area contributed by atoms with Gasteiger partial charge in [-0.3, -0.25) is 24.4 Å². The number of carbonyl (C=O) groups excluding carboxylic acids is 5. The third-order valence-corrected chi connectivity index (χ3v) is 7.61. The van der Waals surface area contributed by atoms with Gasteiger partial charge in [-0.25, -0.2) is 4.79 Å². The van der Waals surface area contributed by atoms with Gasteiger partial charge in [0.15, 0.2) is 0 Å². The molecule has 0 bridgehead atoms. The summed E-state index contributed by atoms with van der Waals surface area (Å²) in [4.78, 5) is 62.9. The lowest BCUT2D eigenvalue weighted by atomic mass is 9.98. The molecule has 0 radical (unpaired) electrons. The molecule has 0 aliphatic heterocycles. The van der Waals surface area contributed by atoms with Crippen LogP contribution in [0.3, 0.4) is 0 Å². The predicted molar refractivity (Wildman–Crippen MR) is 164 cm³/mol. The normalized spacial score (nSPS) is 12.1. The van der Waals surface area contributed by atoms with Crippen molar-refractivity contribution >= 4 is 47.2 Å². The molecule has 2 atom stereocenters. The summed E-state index contributed by atoms with van der Waals surface area (Å²) in [7, 11) is 1.44. The van der Waals surface area contributed by atoms with Crippen LogP contribution in [0.1, 0.15) is 52.0 Å². The number of anilines is 1. The molecule has 2 rings (SSSR count). The zero-order valence-corrected chi connectivity index (χ0v) is 25.9. The fourth-order valence-corrected chi connectivity index (χ4v) is 5.06. The molecule has 0 spiro atoms. The summed E-state index contributed by atoms with van der Waals surface area (Å²) in [5.41, 5.74) is 1.37. The van der Waals surface area contributed by atoms with Gasteiger partial charge in [-0.15, -0.1) is 16.8 Å². The van der Waals surface area contributed by atoms with Crippen molar-refractivity contribution in [1.29, 1.82) is 0 Å². The van der Waals surface area contributed by atoms with E-state index in [4.69, 9.17) is 4.74 Å². The lowest BCUT2D eigenvalue weighted by Crippen LogP contribution is -2.53. The molecule has 11 nitrogen and oxygen atoms in total. The lowest BCUT2D eigenvalue weighted by molar-refractivity contribution is -0.157. The van der Waals surface area contributed by atoms with E-state index in [2.05, 4.69) is 16.0 Å². The molecule has 12 heteroatoms. The summed E-state index contributed by atoms with van der Waals surface area (Å²) in [6.07, 6.45) is 1.35. The summed E-state index contributed by atoms with van der Waals surface area (Å²) < 4.78 is 4.83. The third-order valence-electron chi connectivity index (χ3n) is 6.44. The fraction of sp³-hybridized carbons (Fsp3) is 0.452. The van der Waals surface area contributed by atoms with Crippen molar-refractivity contribution in [2.24, 2.45) is 11.8 Å². The first kappa shape index (κ1) is 35.3. The van der Waals surface area contributed by atoms with E-state index in [1.807, 2.05) is 44.2 Å². The van der Waals surface area contributed by atoms with Crippen molar-refractivity contribution in [3.63, 3.8) is 0 Å². The molecule has 4 N–H and O–H groups in total. The number of ether oxygens (including phenoxy) is 1. The number of hydroxylamine groups is 2. The van der Waals surface area contributed by atoms with Crippen LogP contribution in [0.25, 0.3) is 0 Å². The first-order valence-corrected chi connectivity index (χ1v) is 15.3. The summed E-state index contributed by atoms with van der Waals surface area (Å²) in [6.45, 7) is 6.01. The van der Waals surface area contributed by atoms with Crippen LogP contribution in [0, 0.1) is 11.8 Å². The summed E-state index contributed by atoms with van der Waals surface area (Å²) in [5, 5.41) is 18.3. The second-order valence-electron chi connectivity index (χ2n) is 10.3. The van der Waals surface area contributed by atoms with Crippen LogP contribution in [0.15, 0.2) is 59.5 Å². The molecule has 5 amide bonds. The van der Waals surface area contributed by atoms with Crippen molar-refractivity contribution in [1.82, 2.24) is 15.7 Å². The Labute approximate surface area is 257 Å². The number of benzene rings is 2. The Bertz CT molecular complexity index is 1210. The Hall–Kier alpha value is -3.90. The molecule has 2 aromatic carbocycles. The molecule has 2 aromatic rings. The first-order valence-electron chi connectivity index (χ1n) is 14.3. The number of thioether (sulfide) groups is 1. The van der Waals surface area contributed by atoms with E-state index in [1.54, 1.807) is 31.2 Å². The standard InChI is InChI=1S/C31H42N4O7S/c1-5-42-28(37)18-17-27(36)33-24-13-15-25(16-14-24)43-20-23(12-11-21(2)3)30(39)35(41)31(40)34-26(29(38)32-4)19-22-9-7-6-8-10-22/h6-10,13-16,21,23,26,41H,5,11-12,17-20H2,1-4H3,(H,32,38)(H,33,36)(H,34,40)/t23-,26+/m1/s1. The average molecular weight is 615 g/mol. The number of esters is 1. The molecular weight excluding hydrogens is 572 g/mol. The quantitative estimate of drug-likeness (QED) is 0.0939. The number of nitrogens with one attached hydrogen (secondary N) is 3. The molecule has 0 saturated carbocycles. The van der Waals surface area contributed by atoms with Gasteiger partial charge in [-0.05, 0) is 49.1 Å². The Morgan fingerprint density at radius 3 is 2.23 bits per heavy atom. The van der Waals surface area contributed by atoms with Gasteiger partial charge in [0.25, 0.3) is 5.91 Å². The van der Waals surface area contributed by atoms with Crippen molar-refractivity contribution in [3.8, 4) is 0 Å². The smallest absolute Gasteiger partial charge is 0.349 e. The Kier molecular flexibility index (Phi) is 15.3.